The molecule has 124 valence electrons. The predicted octanol–water partition coefficient (Wildman–Crippen LogP) is 2.69. The Hall–Kier alpha value is -1.87. The first-order valence-corrected chi connectivity index (χ1v) is 7.50. The number of aliphatic hydroxyl groups excluding tert-OH is 1. The van der Waals surface area contributed by atoms with Crippen molar-refractivity contribution < 1.29 is 23.1 Å². The van der Waals surface area contributed by atoms with Crippen molar-refractivity contribution in [1.29, 1.82) is 0 Å². The van der Waals surface area contributed by atoms with Crippen LogP contribution in [0.5, 0.6) is 0 Å². The average Bonchev–Trinajstić information content (AvgIpc) is 2.86. The summed E-state index contributed by atoms with van der Waals surface area (Å²) in [6, 6.07) is 4.69. The fraction of sp³-hybridized carbons (Fsp3) is 0.357. The molecular weight excluding hydrogens is 331 g/mol. The number of Topliss-reactive ketones (excluding diaryl/α,β-unsaturated/α-hetero) is 1. The van der Waals surface area contributed by atoms with Crippen molar-refractivity contribution in [2.75, 3.05) is 0 Å². The monoisotopic (exact) mass is 345 g/mol. The first-order chi connectivity index (χ1) is 10.8. The number of carbonyl (C=O) groups excluding carboxylic acids is 1. The van der Waals surface area contributed by atoms with Gasteiger partial charge in [-0.2, -0.15) is 13.2 Å². The van der Waals surface area contributed by atoms with Crippen molar-refractivity contribution in [2.24, 2.45) is 7.05 Å². The molecule has 0 saturated carbocycles. The van der Waals surface area contributed by atoms with E-state index in [2.05, 4.69) is 10.2 Å². The van der Waals surface area contributed by atoms with E-state index in [4.69, 9.17) is 5.11 Å². The maximum atomic E-state index is 13.0. The van der Waals surface area contributed by atoms with Crippen LogP contribution in [0.2, 0.25) is 0 Å². The van der Waals surface area contributed by atoms with Crippen LogP contribution in [-0.4, -0.2) is 30.9 Å². The van der Waals surface area contributed by atoms with Gasteiger partial charge in [0.1, 0.15) is 6.61 Å². The molecule has 0 aliphatic carbocycles. The van der Waals surface area contributed by atoms with Gasteiger partial charge in [-0.05, 0) is 13.0 Å². The molecule has 0 bridgehead atoms. The second-order valence-electron chi connectivity index (χ2n) is 4.78. The Morgan fingerprint density at radius 2 is 2.00 bits per heavy atom. The molecule has 1 aromatic carbocycles. The predicted molar refractivity (Wildman–Crippen MR) is 78.0 cm³/mol. The average molecular weight is 345 g/mol. The maximum Gasteiger partial charge on any atom is 0.417 e. The summed E-state index contributed by atoms with van der Waals surface area (Å²) >= 11 is 0.990. The molecule has 2 aromatic rings. The van der Waals surface area contributed by atoms with Gasteiger partial charge in [0, 0.05) is 12.6 Å². The van der Waals surface area contributed by atoms with Gasteiger partial charge < -0.3 is 9.67 Å². The molecule has 1 N–H and O–H groups in total. The van der Waals surface area contributed by atoms with E-state index in [1.54, 1.807) is 7.05 Å². The van der Waals surface area contributed by atoms with Crippen LogP contribution in [0.3, 0.4) is 0 Å². The van der Waals surface area contributed by atoms with Crippen molar-refractivity contribution >= 4 is 17.5 Å². The number of rotatable bonds is 5. The van der Waals surface area contributed by atoms with Crippen LogP contribution in [0.15, 0.2) is 29.4 Å². The Balaban J connectivity index is 2.25. The Morgan fingerprint density at radius 3 is 2.57 bits per heavy atom. The first-order valence-electron chi connectivity index (χ1n) is 6.62. The largest absolute Gasteiger partial charge is 0.417 e. The number of hydrogen-bond donors (Lipinski definition) is 1. The third kappa shape index (κ3) is 3.73. The Labute approximate surface area is 134 Å². The molecule has 0 aliphatic rings. The summed E-state index contributed by atoms with van der Waals surface area (Å²) in [5.74, 6) is -0.334. The lowest BCUT2D eigenvalue weighted by molar-refractivity contribution is -0.137. The number of ketones is 1. The van der Waals surface area contributed by atoms with Gasteiger partial charge in [-0.25, -0.2) is 0 Å². The van der Waals surface area contributed by atoms with Crippen LogP contribution in [-0.2, 0) is 19.8 Å². The van der Waals surface area contributed by atoms with Gasteiger partial charge in [0.05, 0.1) is 10.8 Å². The van der Waals surface area contributed by atoms with Gasteiger partial charge in [-0.15, -0.1) is 10.2 Å². The molecule has 0 radical (unpaired) electrons. The van der Waals surface area contributed by atoms with Crippen molar-refractivity contribution in [2.45, 2.75) is 30.1 Å². The molecule has 1 heterocycles. The van der Waals surface area contributed by atoms with Gasteiger partial charge in [0.25, 0.3) is 0 Å². The lowest BCUT2D eigenvalue weighted by Gasteiger charge is -2.15. The number of benzene rings is 1. The van der Waals surface area contributed by atoms with Gasteiger partial charge >= 0.3 is 6.18 Å². The second-order valence-corrected chi connectivity index (χ2v) is 6.09. The zero-order valence-electron chi connectivity index (χ0n) is 12.3. The van der Waals surface area contributed by atoms with Crippen LogP contribution < -0.4 is 0 Å². The SMILES string of the molecule is C[C@H](Sc1nnc(CO)n1C)C(=O)c1ccccc1C(F)(F)F. The molecule has 0 fully saturated rings. The van der Waals surface area contributed by atoms with Crippen LogP contribution in [0.1, 0.15) is 28.7 Å². The molecular formula is C14H14F3N3O2S. The number of nitrogens with zero attached hydrogens (tertiary/aromatic N) is 3. The van der Waals surface area contributed by atoms with Crippen molar-refractivity contribution in [3.63, 3.8) is 0 Å². The smallest absolute Gasteiger partial charge is 0.388 e. The van der Waals surface area contributed by atoms with Gasteiger partial charge in [0.15, 0.2) is 16.8 Å². The molecule has 0 amide bonds. The summed E-state index contributed by atoms with van der Waals surface area (Å²) in [6.07, 6.45) is -4.59. The third-order valence-electron chi connectivity index (χ3n) is 3.22. The highest BCUT2D eigenvalue weighted by Gasteiger charge is 2.36. The molecule has 0 saturated heterocycles. The number of aromatic nitrogens is 3. The molecule has 1 aromatic heterocycles. The summed E-state index contributed by atoms with van der Waals surface area (Å²) in [5, 5.41) is 16.2. The van der Waals surface area contributed by atoms with E-state index >= 15 is 0 Å². The Morgan fingerprint density at radius 1 is 1.35 bits per heavy atom. The zero-order chi connectivity index (χ0) is 17.2. The van der Waals surface area contributed by atoms with E-state index in [0.717, 1.165) is 23.9 Å². The van der Waals surface area contributed by atoms with E-state index in [0.29, 0.717) is 11.0 Å². The van der Waals surface area contributed by atoms with Crippen molar-refractivity contribution in [3.05, 3.63) is 41.2 Å². The highest BCUT2D eigenvalue weighted by atomic mass is 32.2. The van der Waals surface area contributed by atoms with E-state index in [9.17, 15) is 18.0 Å². The number of aliphatic hydroxyl groups is 1. The van der Waals surface area contributed by atoms with E-state index in [1.165, 1.54) is 23.6 Å². The Kier molecular flexibility index (Phi) is 5.10. The van der Waals surface area contributed by atoms with Gasteiger partial charge in [0.2, 0.25) is 0 Å². The minimum Gasteiger partial charge on any atom is -0.388 e. The number of carbonyl (C=O) groups is 1. The number of hydrogen-bond acceptors (Lipinski definition) is 5. The molecule has 23 heavy (non-hydrogen) atoms. The van der Waals surface area contributed by atoms with Crippen LogP contribution in [0.4, 0.5) is 13.2 Å². The van der Waals surface area contributed by atoms with Crippen molar-refractivity contribution in [3.8, 4) is 0 Å². The minimum absolute atomic E-state index is 0.308. The topological polar surface area (TPSA) is 68.0 Å². The number of halogens is 3. The molecule has 2 rings (SSSR count). The molecule has 0 aliphatic heterocycles. The summed E-state index contributed by atoms with van der Waals surface area (Å²) in [6.45, 7) is 1.19. The van der Waals surface area contributed by atoms with Crippen LogP contribution >= 0.6 is 11.8 Å². The van der Waals surface area contributed by atoms with Crippen LogP contribution in [0.25, 0.3) is 0 Å². The minimum atomic E-state index is -4.59. The number of thioether (sulfide) groups is 1. The standard InChI is InChI=1S/C14H14F3N3O2S/c1-8(23-13-19-18-11(7-21)20(13)2)12(22)9-5-3-4-6-10(9)14(15,16)17/h3-6,8,21H,7H2,1-2H3/t8-/m0/s1. The molecule has 0 unspecified atom stereocenters. The molecule has 1 atom stereocenters. The number of alkyl halides is 3. The quantitative estimate of drug-likeness (QED) is 0.667. The Bertz CT molecular complexity index is 716. The highest BCUT2D eigenvalue weighted by molar-refractivity contribution is 8.00. The van der Waals surface area contributed by atoms with E-state index < -0.39 is 22.8 Å². The summed E-state index contributed by atoms with van der Waals surface area (Å²) in [5.41, 5.74) is -1.32. The van der Waals surface area contributed by atoms with E-state index in [1.807, 2.05) is 0 Å². The summed E-state index contributed by atoms with van der Waals surface area (Å²) in [4.78, 5) is 12.4. The first kappa shape index (κ1) is 17.5. The van der Waals surface area contributed by atoms with Crippen molar-refractivity contribution in [1.82, 2.24) is 14.8 Å². The summed E-state index contributed by atoms with van der Waals surface area (Å²) < 4.78 is 40.5. The molecule has 0 spiro atoms. The van der Waals surface area contributed by atoms with Gasteiger partial charge in [-0.1, -0.05) is 30.0 Å². The van der Waals surface area contributed by atoms with Crippen LogP contribution in [0, 0.1) is 0 Å². The third-order valence-corrected chi connectivity index (χ3v) is 4.35. The molecule has 9 heteroatoms. The maximum absolute atomic E-state index is 13.0. The molecule has 5 nitrogen and oxygen atoms in total. The lowest BCUT2D eigenvalue weighted by Crippen LogP contribution is -2.20. The lowest BCUT2D eigenvalue weighted by atomic mass is 10.0. The summed E-state index contributed by atoms with van der Waals surface area (Å²) in [7, 11) is 1.61. The highest BCUT2D eigenvalue weighted by Crippen LogP contribution is 2.34. The second kappa shape index (κ2) is 6.71. The van der Waals surface area contributed by atoms with Gasteiger partial charge in [-0.3, -0.25) is 4.79 Å². The zero-order valence-corrected chi connectivity index (χ0v) is 13.1. The fourth-order valence-corrected chi connectivity index (χ4v) is 2.86. The normalized spacial score (nSPS) is 13.1. The van der Waals surface area contributed by atoms with E-state index in [-0.39, 0.29) is 12.2 Å². The fourth-order valence-electron chi connectivity index (χ4n) is 1.96.